The summed E-state index contributed by atoms with van der Waals surface area (Å²) < 4.78 is 12.2. The Morgan fingerprint density at radius 1 is 1.16 bits per heavy atom. The summed E-state index contributed by atoms with van der Waals surface area (Å²) in [6.45, 7) is 0.241. The van der Waals surface area contributed by atoms with E-state index in [1.54, 1.807) is 31.4 Å². The zero-order valence-corrected chi connectivity index (χ0v) is 18.8. The third-order valence-corrected chi connectivity index (χ3v) is 4.97. The second-order valence-electron chi connectivity index (χ2n) is 6.28. The summed E-state index contributed by atoms with van der Waals surface area (Å²) >= 11 is 2.14. The molecule has 2 amide bonds. The number of carbonyl (C=O) groups excluding carboxylic acids is 1. The lowest BCUT2D eigenvalue weighted by Gasteiger charge is -2.14. The van der Waals surface area contributed by atoms with E-state index < -0.39 is 6.03 Å². The van der Waals surface area contributed by atoms with Gasteiger partial charge in [-0.2, -0.15) is 10.4 Å². The predicted molar refractivity (Wildman–Crippen MR) is 127 cm³/mol. The molecule has 0 saturated carbocycles. The minimum absolute atomic E-state index is 0.241. The largest absolute Gasteiger partial charge is 0.493 e. The van der Waals surface area contributed by atoms with Crippen LogP contribution in [0.25, 0.3) is 0 Å². The van der Waals surface area contributed by atoms with Crippen LogP contribution < -0.4 is 20.2 Å². The first-order valence-electron chi connectivity index (χ1n) is 9.24. The highest BCUT2D eigenvalue weighted by Crippen LogP contribution is 2.34. The summed E-state index contributed by atoms with van der Waals surface area (Å²) in [6.07, 6.45) is 1.52. The molecule has 0 aromatic heterocycles. The maximum absolute atomic E-state index is 11.9. The average Bonchev–Trinajstić information content (AvgIpc) is 2.79. The molecule has 0 saturated heterocycles. The van der Waals surface area contributed by atoms with Crippen molar-refractivity contribution in [3.05, 3.63) is 87.0 Å². The molecular formula is C23H19IN4O3. The van der Waals surface area contributed by atoms with Crippen LogP contribution in [0.3, 0.4) is 0 Å². The van der Waals surface area contributed by atoms with E-state index in [9.17, 15) is 10.1 Å². The van der Waals surface area contributed by atoms with E-state index in [2.05, 4.69) is 44.5 Å². The Labute approximate surface area is 193 Å². The fourth-order valence-corrected chi connectivity index (χ4v) is 3.49. The molecule has 3 aromatic carbocycles. The summed E-state index contributed by atoms with van der Waals surface area (Å²) in [5.74, 6) is 1.10. The number of nitriles is 1. The molecule has 0 spiro atoms. The zero-order valence-electron chi connectivity index (χ0n) is 16.6. The molecule has 156 valence electrons. The van der Waals surface area contributed by atoms with Crippen LogP contribution in [0.4, 0.5) is 10.5 Å². The number of hydrogen-bond donors (Lipinski definition) is 2. The third kappa shape index (κ3) is 6.20. The number of rotatable bonds is 7. The van der Waals surface area contributed by atoms with Crippen molar-refractivity contribution in [2.75, 3.05) is 12.4 Å². The van der Waals surface area contributed by atoms with Crippen molar-refractivity contribution < 1.29 is 14.3 Å². The fraction of sp³-hybridized carbons (Fsp3) is 0.0870. The number of amides is 2. The molecule has 3 aromatic rings. The van der Waals surface area contributed by atoms with Crippen molar-refractivity contribution in [1.29, 1.82) is 5.26 Å². The SMILES string of the molecule is COc1cc(/C=N\NC(=O)Nc2ccccc2)cc(I)c1OCc1ccccc1C#N. The molecule has 0 atom stereocenters. The molecule has 0 bridgehead atoms. The standard InChI is InChI=1S/C23H19IN4O3/c1-30-21-12-16(14-26-28-23(29)27-19-9-3-2-4-10-19)11-20(24)22(21)31-15-18-8-6-5-7-17(18)13-25/h2-12,14H,15H2,1H3,(H2,27,28,29)/b26-14-. The van der Waals surface area contributed by atoms with E-state index in [0.717, 1.165) is 14.7 Å². The number of hydrogen-bond acceptors (Lipinski definition) is 5. The van der Waals surface area contributed by atoms with Crippen molar-refractivity contribution in [2.45, 2.75) is 6.61 Å². The van der Waals surface area contributed by atoms with Gasteiger partial charge in [0, 0.05) is 11.3 Å². The number of benzene rings is 3. The van der Waals surface area contributed by atoms with E-state index >= 15 is 0 Å². The van der Waals surface area contributed by atoms with Gasteiger partial charge in [0.15, 0.2) is 11.5 Å². The first-order chi connectivity index (χ1) is 15.1. The van der Waals surface area contributed by atoms with E-state index in [4.69, 9.17) is 9.47 Å². The first kappa shape index (κ1) is 22.1. The number of hydrazone groups is 1. The summed E-state index contributed by atoms with van der Waals surface area (Å²) in [6, 6.07) is 21.7. The molecule has 31 heavy (non-hydrogen) atoms. The van der Waals surface area contributed by atoms with Crippen molar-refractivity contribution in [3.63, 3.8) is 0 Å². The first-order valence-corrected chi connectivity index (χ1v) is 10.3. The summed E-state index contributed by atoms with van der Waals surface area (Å²) in [5.41, 5.74) is 5.19. The molecule has 0 unspecified atom stereocenters. The lowest BCUT2D eigenvalue weighted by Crippen LogP contribution is -2.24. The minimum Gasteiger partial charge on any atom is -0.493 e. The Kier molecular flexibility index (Phi) is 7.84. The molecule has 0 fully saturated rings. The van der Waals surface area contributed by atoms with Gasteiger partial charge in [0.2, 0.25) is 0 Å². The van der Waals surface area contributed by atoms with Crippen LogP contribution in [0.5, 0.6) is 11.5 Å². The van der Waals surface area contributed by atoms with Crippen molar-refractivity contribution >= 4 is 40.5 Å². The van der Waals surface area contributed by atoms with Gasteiger partial charge in [0.25, 0.3) is 0 Å². The number of ether oxygens (including phenoxy) is 2. The Morgan fingerprint density at radius 3 is 2.65 bits per heavy atom. The predicted octanol–water partition coefficient (Wildman–Crippen LogP) is 4.91. The number of methoxy groups -OCH3 is 1. The Balaban J connectivity index is 1.66. The highest BCUT2D eigenvalue weighted by atomic mass is 127. The molecule has 7 nitrogen and oxygen atoms in total. The number of nitrogens with zero attached hydrogens (tertiary/aromatic N) is 2. The number of nitrogens with one attached hydrogen (secondary N) is 2. The Hall–Kier alpha value is -3.58. The third-order valence-electron chi connectivity index (χ3n) is 4.17. The molecule has 2 N–H and O–H groups in total. The number of halogens is 1. The van der Waals surface area contributed by atoms with Crippen LogP contribution in [0, 0.1) is 14.9 Å². The number of anilines is 1. The maximum atomic E-state index is 11.9. The van der Waals surface area contributed by atoms with Crippen LogP contribution in [0.15, 0.2) is 71.8 Å². The fourth-order valence-electron chi connectivity index (χ4n) is 2.71. The van der Waals surface area contributed by atoms with Gasteiger partial charge in [0.05, 0.1) is 28.5 Å². The van der Waals surface area contributed by atoms with E-state index in [-0.39, 0.29) is 6.61 Å². The van der Waals surface area contributed by atoms with Gasteiger partial charge in [-0.25, -0.2) is 10.2 Å². The lowest BCUT2D eigenvalue weighted by atomic mass is 10.1. The van der Waals surface area contributed by atoms with Crippen LogP contribution in [-0.2, 0) is 6.61 Å². The normalized spacial score (nSPS) is 10.4. The van der Waals surface area contributed by atoms with E-state index in [0.29, 0.717) is 22.7 Å². The topological polar surface area (TPSA) is 95.7 Å². The lowest BCUT2D eigenvalue weighted by molar-refractivity contribution is 0.252. The van der Waals surface area contributed by atoms with Gasteiger partial charge in [-0.3, -0.25) is 0 Å². The average molecular weight is 526 g/mol. The molecule has 0 heterocycles. The number of para-hydroxylation sites is 1. The molecule has 8 heteroatoms. The second-order valence-corrected chi connectivity index (χ2v) is 7.44. The van der Waals surface area contributed by atoms with Crippen molar-refractivity contribution in [2.24, 2.45) is 5.10 Å². The van der Waals surface area contributed by atoms with Crippen LogP contribution in [-0.4, -0.2) is 19.4 Å². The molecule has 0 aliphatic heterocycles. The minimum atomic E-state index is -0.444. The molecule has 0 aliphatic carbocycles. The van der Waals surface area contributed by atoms with Crippen LogP contribution in [0.1, 0.15) is 16.7 Å². The Bertz CT molecular complexity index is 1130. The van der Waals surface area contributed by atoms with Crippen molar-refractivity contribution in [1.82, 2.24) is 5.43 Å². The quantitative estimate of drug-likeness (QED) is 0.260. The molecule has 0 radical (unpaired) electrons. The van der Waals surface area contributed by atoms with Gasteiger partial charge in [-0.05, 0) is 58.5 Å². The molecule has 3 rings (SSSR count). The number of urea groups is 1. The molecule has 0 aliphatic rings. The van der Waals surface area contributed by atoms with Gasteiger partial charge in [-0.1, -0.05) is 36.4 Å². The highest BCUT2D eigenvalue weighted by Gasteiger charge is 2.12. The van der Waals surface area contributed by atoms with Gasteiger partial charge in [-0.15, -0.1) is 0 Å². The summed E-state index contributed by atoms with van der Waals surface area (Å²) in [4.78, 5) is 11.9. The van der Waals surface area contributed by atoms with Crippen LogP contribution in [0.2, 0.25) is 0 Å². The summed E-state index contributed by atoms with van der Waals surface area (Å²) in [5, 5.41) is 15.9. The maximum Gasteiger partial charge on any atom is 0.339 e. The van der Waals surface area contributed by atoms with E-state index in [1.165, 1.54) is 6.21 Å². The monoisotopic (exact) mass is 526 g/mol. The van der Waals surface area contributed by atoms with Crippen molar-refractivity contribution in [3.8, 4) is 17.6 Å². The van der Waals surface area contributed by atoms with Gasteiger partial charge in [0.1, 0.15) is 6.61 Å². The van der Waals surface area contributed by atoms with Gasteiger partial charge >= 0.3 is 6.03 Å². The van der Waals surface area contributed by atoms with E-state index in [1.807, 2.05) is 42.5 Å². The van der Waals surface area contributed by atoms with Crippen LogP contribution >= 0.6 is 22.6 Å². The van der Waals surface area contributed by atoms with Gasteiger partial charge < -0.3 is 14.8 Å². The smallest absolute Gasteiger partial charge is 0.339 e. The Morgan fingerprint density at radius 2 is 1.90 bits per heavy atom. The second kappa shape index (κ2) is 11.0. The zero-order chi connectivity index (χ0) is 22.1. The summed E-state index contributed by atoms with van der Waals surface area (Å²) in [7, 11) is 1.55. The highest BCUT2D eigenvalue weighted by molar-refractivity contribution is 14.1. The molecular weight excluding hydrogens is 507 g/mol. The number of carbonyl (C=O) groups is 1.